The van der Waals surface area contributed by atoms with Gasteiger partial charge in [-0.1, -0.05) is 11.2 Å². The van der Waals surface area contributed by atoms with Gasteiger partial charge in [-0.2, -0.15) is 0 Å². The maximum Gasteiger partial charge on any atom is 0.174 e. The largest absolute Gasteiger partial charge is 0.484 e. The molecule has 2 rings (SSSR count). The first-order valence-electron chi connectivity index (χ1n) is 4.57. The van der Waals surface area contributed by atoms with E-state index in [4.69, 9.17) is 9.26 Å². The van der Waals surface area contributed by atoms with Crippen LogP contribution >= 0.6 is 15.9 Å². The lowest BCUT2D eigenvalue weighted by Crippen LogP contribution is -1.98. The smallest absolute Gasteiger partial charge is 0.174 e. The Kier molecular flexibility index (Phi) is 3.36. The van der Waals surface area contributed by atoms with E-state index in [-0.39, 0.29) is 6.61 Å². The highest BCUT2D eigenvalue weighted by Crippen LogP contribution is 2.28. The van der Waals surface area contributed by atoms with E-state index in [9.17, 15) is 4.79 Å². The fraction of sp³-hybridized carbons (Fsp3) is 0.0909. The van der Waals surface area contributed by atoms with Crippen molar-refractivity contribution in [2.75, 3.05) is 0 Å². The molecule has 2 aromatic rings. The quantitative estimate of drug-likeness (QED) is 0.809. The minimum atomic E-state index is 0.240. The molecule has 0 saturated heterocycles. The first kappa shape index (κ1) is 10.9. The number of nitrogens with zero attached hydrogens (tertiary/aromatic N) is 1. The lowest BCUT2D eigenvalue weighted by atomic mass is 10.2. The summed E-state index contributed by atoms with van der Waals surface area (Å²) in [6.07, 6.45) is 2.29. The number of aromatic nitrogens is 1. The van der Waals surface area contributed by atoms with Gasteiger partial charge in [-0.15, -0.1) is 0 Å². The second-order valence-electron chi connectivity index (χ2n) is 3.04. The summed E-state index contributed by atoms with van der Waals surface area (Å²) in [5.41, 5.74) is 0.494. The van der Waals surface area contributed by atoms with Crippen LogP contribution in [0.3, 0.4) is 0 Å². The SMILES string of the molecule is O=Cc1cccc(Br)c1OCc1ccno1. The number of halogens is 1. The number of carbonyl (C=O) groups is 1. The minimum absolute atomic E-state index is 0.240. The van der Waals surface area contributed by atoms with Crippen LogP contribution < -0.4 is 4.74 Å². The molecule has 4 nitrogen and oxygen atoms in total. The Morgan fingerprint density at radius 1 is 1.44 bits per heavy atom. The van der Waals surface area contributed by atoms with Crippen molar-refractivity contribution in [3.63, 3.8) is 0 Å². The molecule has 0 atom stereocenters. The van der Waals surface area contributed by atoms with E-state index in [0.717, 1.165) is 10.8 Å². The normalized spacial score (nSPS) is 10.1. The third-order valence-electron chi connectivity index (χ3n) is 1.97. The van der Waals surface area contributed by atoms with Gasteiger partial charge >= 0.3 is 0 Å². The molecule has 0 spiro atoms. The number of ether oxygens (including phenoxy) is 1. The number of benzene rings is 1. The molecule has 0 amide bonds. The molecule has 0 fully saturated rings. The van der Waals surface area contributed by atoms with Crippen LogP contribution in [-0.4, -0.2) is 11.4 Å². The maximum atomic E-state index is 10.8. The van der Waals surface area contributed by atoms with Gasteiger partial charge in [-0.05, 0) is 28.1 Å². The summed E-state index contributed by atoms with van der Waals surface area (Å²) in [6, 6.07) is 6.97. The first-order chi connectivity index (χ1) is 7.81. The summed E-state index contributed by atoms with van der Waals surface area (Å²) in [6.45, 7) is 0.240. The molecule has 1 aromatic carbocycles. The first-order valence-corrected chi connectivity index (χ1v) is 5.36. The standard InChI is InChI=1S/C11H8BrNO3/c12-10-3-1-2-8(6-14)11(10)15-7-9-4-5-13-16-9/h1-6H,7H2. The Morgan fingerprint density at radius 3 is 3.00 bits per heavy atom. The van der Waals surface area contributed by atoms with Gasteiger partial charge in [-0.3, -0.25) is 4.79 Å². The third-order valence-corrected chi connectivity index (χ3v) is 2.60. The lowest BCUT2D eigenvalue weighted by molar-refractivity contribution is 0.111. The fourth-order valence-electron chi connectivity index (χ4n) is 1.23. The lowest BCUT2D eigenvalue weighted by Gasteiger charge is -2.08. The highest BCUT2D eigenvalue weighted by Gasteiger charge is 2.08. The van der Waals surface area contributed by atoms with Gasteiger partial charge in [0.1, 0.15) is 12.4 Å². The van der Waals surface area contributed by atoms with Crippen molar-refractivity contribution in [2.45, 2.75) is 6.61 Å². The van der Waals surface area contributed by atoms with Crippen LogP contribution in [-0.2, 0) is 6.61 Å². The summed E-state index contributed by atoms with van der Waals surface area (Å²) >= 11 is 3.32. The number of aldehydes is 1. The van der Waals surface area contributed by atoms with Crippen LogP contribution in [0.15, 0.2) is 39.5 Å². The van der Waals surface area contributed by atoms with Crippen LogP contribution in [0.2, 0.25) is 0 Å². The minimum Gasteiger partial charge on any atom is -0.484 e. The predicted octanol–water partition coefficient (Wildman–Crippen LogP) is 2.83. The van der Waals surface area contributed by atoms with E-state index in [2.05, 4.69) is 21.1 Å². The average molecular weight is 282 g/mol. The zero-order valence-electron chi connectivity index (χ0n) is 8.22. The Hall–Kier alpha value is -1.62. The van der Waals surface area contributed by atoms with E-state index in [1.807, 2.05) is 6.07 Å². The van der Waals surface area contributed by atoms with Crippen LogP contribution in [0.25, 0.3) is 0 Å². The molecule has 0 bridgehead atoms. The fourth-order valence-corrected chi connectivity index (χ4v) is 1.73. The Bertz CT molecular complexity index is 482. The molecule has 0 saturated carbocycles. The van der Waals surface area contributed by atoms with Crippen LogP contribution in [0.5, 0.6) is 5.75 Å². The zero-order chi connectivity index (χ0) is 11.4. The molecule has 1 heterocycles. The van der Waals surface area contributed by atoms with Crippen LogP contribution in [0, 0.1) is 0 Å². The van der Waals surface area contributed by atoms with Crippen molar-refractivity contribution in [3.05, 3.63) is 46.3 Å². The van der Waals surface area contributed by atoms with Crippen molar-refractivity contribution in [1.29, 1.82) is 0 Å². The van der Waals surface area contributed by atoms with E-state index in [0.29, 0.717) is 17.1 Å². The van der Waals surface area contributed by atoms with Crippen LogP contribution in [0.4, 0.5) is 0 Å². The number of carbonyl (C=O) groups excluding carboxylic acids is 1. The number of para-hydroxylation sites is 1. The third kappa shape index (κ3) is 2.30. The maximum absolute atomic E-state index is 10.8. The monoisotopic (exact) mass is 281 g/mol. The molecular formula is C11H8BrNO3. The summed E-state index contributed by atoms with van der Waals surface area (Å²) in [7, 11) is 0. The number of hydrogen-bond donors (Lipinski definition) is 0. The highest BCUT2D eigenvalue weighted by molar-refractivity contribution is 9.10. The molecule has 5 heteroatoms. The average Bonchev–Trinajstić information content (AvgIpc) is 2.80. The van der Waals surface area contributed by atoms with Gasteiger partial charge in [0.15, 0.2) is 12.0 Å². The Morgan fingerprint density at radius 2 is 2.31 bits per heavy atom. The van der Waals surface area contributed by atoms with E-state index in [1.165, 1.54) is 0 Å². The van der Waals surface area contributed by atoms with Gasteiger partial charge in [0.2, 0.25) is 0 Å². The summed E-state index contributed by atoms with van der Waals surface area (Å²) < 4.78 is 11.1. The zero-order valence-corrected chi connectivity index (χ0v) is 9.81. The van der Waals surface area contributed by atoms with Gasteiger partial charge in [0.25, 0.3) is 0 Å². The van der Waals surface area contributed by atoms with Crippen molar-refractivity contribution in [1.82, 2.24) is 5.16 Å². The molecule has 0 unspecified atom stereocenters. The Balaban J connectivity index is 2.17. The van der Waals surface area contributed by atoms with Crippen molar-refractivity contribution in [2.24, 2.45) is 0 Å². The Labute approximate surface area is 100 Å². The topological polar surface area (TPSA) is 52.3 Å². The second-order valence-corrected chi connectivity index (χ2v) is 3.90. The van der Waals surface area contributed by atoms with Gasteiger partial charge in [0.05, 0.1) is 16.2 Å². The molecule has 0 aliphatic heterocycles. The highest BCUT2D eigenvalue weighted by atomic mass is 79.9. The summed E-state index contributed by atoms with van der Waals surface area (Å²) in [4.78, 5) is 10.8. The molecule has 1 aromatic heterocycles. The van der Waals surface area contributed by atoms with Gasteiger partial charge in [-0.25, -0.2) is 0 Å². The molecule has 0 radical (unpaired) electrons. The van der Waals surface area contributed by atoms with Gasteiger partial charge in [0, 0.05) is 6.07 Å². The summed E-state index contributed by atoms with van der Waals surface area (Å²) in [5, 5.41) is 3.56. The second kappa shape index (κ2) is 4.94. The molecule has 0 aliphatic rings. The molecule has 0 N–H and O–H groups in total. The predicted molar refractivity (Wildman–Crippen MR) is 60.4 cm³/mol. The molecule has 0 aliphatic carbocycles. The number of hydrogen-bond acceptors (Lipinski definition) is 4. The molecule has 82 valence electrons. The van der Waals surface area contributed by atoms with Crippen molar-refractivity contribution >= 4 is 22.2 Å². The van der Waals surface area contributed by atoms with Crippen molar-refractivity contribution in [3.8, 4) is 5.75 Å². The molecular weight excluding hydrogens is 274 g/mol. The summed E-state index contributed by atoms with van der Waals surface area (Å²) in [5.74, 6) is 1.11. The van der Waals surface area contributed by atoms with E-state index in [1.54, 1.807) is 24.4 Å². The van der Waals surface area contributed by atoms with Gasteiger partial charge < -0.3 is 9.26 Å². The van der Waals surface area contributed by atoms with Crippen molar-refractivity contribution < 1.29 is 14.1 Å². The van der Waals surface area contributed by atoms with Crippen LogP contribution in [0.1, 0.15) is 16.1 Å². The number of rotatable bonds is 4. The van der Waals surface area contributed by atoms with E-state index >= 15 is 0 Å². The molecule has 16 heavy (non-hydrogen) atoms. The van der Waals surface area contributed by atoms with E-state index < -0.39 is 0 Å².